The van der Waals surface area contributed by atoms with Gasteiger partial charge in [-0.05, 0) is 28.2 Å². The maximum absolute atomic E-state index is 11.2. The molecule has 2 heterocycles. The molecule has 0 fully saturated rings. The van der Waals surface area contributed by atoms with Crippen LogP contribution in [0.4, 0.5) is 0 Å². The van der Waals surface area contributed by atoms with Crippen molar-refractivity contribution in [2.75, 3.05) is 0 Å². The lowest BCUT2D eigenvalue weighted by atomic mass is 10.2. The molecule has 3 rings (SSSR count). The smallest absolute Gasteiger partial charge is 0.165 e. The maximum Gasteiger partial charge on any atom is 0.165 e. The highest BCUT2D eigenvalue weighted by Gasteiger charge is 2.23. The van der Waals surface area contributed by atoms with Gasteiger partial charge < -0.3 is 4.98 Å². The van der Waals surface area contributed by atoms with E-state index in [4.69, 9.17) is 11.6 Å². The first-order chi connectivity index (χ1) is 8.31. The fourth-order valence-corrected chi connectivity index (χ4v) is 3.80. The van der Waals surface area contributed by atoms with Crippen molar-refractivity contribution in [3.05, 3.63) is 47.0 Å². The number of halogens is 1. The Hall–Kier alpha value is -1.61. The van der Waals surface area contributed by atoms with Crippen LogP contribution >= 0.6 is 22.1 Å². The third kappa shape index (κ3) is 1.58. The van der Waals surface area contributed by atoms with E-state index in [-0.39, 0.29) is 0 Å². The van der Waals surface area contributed by atoms with Crippen molar-refractivity contribution in [1.82, 2.24) is 9.97 Å². The van der Waals surface area contributed by atoms with E-state index >= 15 is 0 Å². The third-order valence-electron chi connectivity index (χ3n) is 2.52. The summed E-state index contributed by atoms with van der Waals surface area (Å²) in [4.78, 5) is 20.0. The minimum Gasteiger partial charge on any atom is -0.344 e. The lowest BCUT2D eigenvalue weighted by molar-refractivity contribution is 0.572. The number of rotatable bonds is 1. The molecule has 0 amide bonds. The second-order valence-corrected chi connectivity index (χ2v) is 5.53. The Kier molecular flexibility index (Phi) is 2.48. The monoisotopic (exact) mass is 262 g/mol. The highest BCUT2D eigenvalue weighted by atomic mass is 35.5. The number of hydrogen-bond acceptors (Lipinski definition) is 2. The largest absolute Gasteiger partial charge is 0.344 e. The fraction of sp³-hybridized carbons (Fsp3) is 0. The van der Waals surface area contributed by atoms with E-state index in [0.717, 1.165) is 15.4 Å². The van der Waals surface area contributed by atoms with Crippen molar-refractivity contribution in [1.29, 1.82) is 0 Å². The van der Waals surface area contributed by atoms with Crippen LogP contribution in [0.1, 0.15) is 11.4 Å². The molecular weight excluding hydrogens is 256 g/mol. The molecule has 5 heteroatoms. The summed E-state index contributed by atoms with van der Waals surface area (Å²) in [6.45, 7) is 0. The Bertz CT molecular complexity index is 670. The molecule has 0 saturated heterocycles. The molecule has 0 radical (unpaired) electrons. The molecule has 0 saturated carbocycles. The second kappa shape index (κ2) is 4.00. The van der Waals surface area contributed by atoms with Crippen LogP contribution in [0.5, 0.6) is 0 Å². The van der Waals surface area contributed by atoms with Crippen LogP contribution in [0, 0.1) is 0 Å². The highest BCUT2D eigenvalue weighted by molar-refractivity contribution is 8.23. The van der Waals surface area contributed by atoms with Gasteiger partial charge in [-0.15, -0.1) is 0 Å². The topological polar surface area (TPSA) is 45.8 Å². The summed E-state index contributed by atoms with van der Waals surface area (Å²) in [6, 6.07) is 5.60. The summed E-state index contributed by atoms with van der Waals surface area (Å²) >= 11 is 6.13. The van der Waals surface area contributed by atoms with Gasteiger partial charge in [-0.1, -0.05) is 23.7 Å². The normalized spacial score (nSPS) is 17.5. The zero-order valence-electron chi connectivity index (χ0n) is 8.61. The molecule has 2 aromatic rings. The number of nitrogens with zero attached hydrogens (tertiary/aromatic N) is 1. The Balaban J connectivity index is 2.25. The van der Waals surface area contributed by atoms with E-state index in [1.807, 2.05) is 18.2 Å². The standard InChI is InChI=1S/C12H7ClN2OS/c13-9-3-1-2-8-6-10(12-14-4-5-15-12)17(7-16)11(8)9/h1-6H,(H,14,15). The number of H-pyrrole nitrogens is 1. The first kappa shape index (κ1) is 10.5. The van der Waals surface area contributed by atoms with Gasteiger partial charge in [0.1, 0.15) is 5.82 Å². The van der Waals surface area contributed by atoms with Gasteiger partial charge in [0.05, 0.1) is 9.93 Å². The number of carbonyl (C=O) groups excluding carboxylic acids is 1. The first-order valence-electron chi connectivity index (χ1n) is 4.93. The zero-order valence-corrected chi connectivity index (χ0v) is 10.2. The van der Waals surface area contributed by atoms with E-state index in [1.54, 1.807) is 18.5 Å². The average Bonchev–Trinajstić information content (AvgIpc) is 2.95. The Labute approximate surface area is 105 Å². The summed E-state index contributed by atoms with van der Waals surface area (Å²) in [5.41, 5.74) is 0.968. The lowest BCUT2D eigenvalue weighted by Crippen LogP contribution is -1.82. The van der Waals surface area contributed by atoms with Gasteiger partial charge in [0.25, 0.3) is 0 Å². The van der Waals surface area contributed by atoms with Crippen LogP contribution in [0.2, 0.25) is 5.02 Å². The van der Waals surface area contributed by atoms with Crippen molar-refractivity contribution < 1.29 is 4.79 Å². The van der Waals surface area contributed by atoms with Crippen LogP contribution in [-0.2, 0) is 4.79 Å². The predicted octanol–water partition coefficient (Wildman–Crippen LogP) is 3.27. The average molecular weight is 263 g/mol. The minimum absolute atomic E-state index is 0.604. The SMILES string of the molecule is O=C=S1C(c2ncc[nH]2)=Cc2cccc(Cl)c21. The molecule has 1 aliphatic heterocycles. The number of imidazole rings is 1. The van der Waals surface area contributed by atoms with Gasteiger partial charge in [0, 0.05) is 17.3 Å². The van der Waals surface area contributed by atoms with Crippen LogP contribution in [0.25, 0.3) is 11.0 Å². The minimum atomic E-state index is -0.758. The molecule has 1 atom stereocenters. The Morgan fingerprint density at radius 1 is 1.41 bits per heavy atom. The number of aromatic nitrogens is 2. The zero-order chi connectivity index (χ0) is 11.8. The molecule has 1 N–H and O–H groups in total. The molecule has 84 valence electrons. The molecule has 0 bridgehead atoms. The molecule has 0 aliphatic carbocycles. The molecule has 1 aromatic carbocycles. The fourth-order valence-electron chi connectivity index (χ4n) is 1.82. The number of benzene rings is 1. The van der Waals surface area contributed by atoms with Crippen molar-refractivity contribution in [3.8, 4) is 0 Å². The summed E-state index contributed by atoms with van der Waals surface area (Å²) < 4.78 is 0. The van der Waals surface area contributed by atoms with E-state index in [2.05, 4.69) is 15.2 Å². The van der Waals surface area contributed by atoms with E-state index < -0.39 is 10.5 Å². The predicted molar refractivity (Wildman–Crippen MR) is 69.5 cm³/mol. The number of hydrogen-bond donors (Lipinski definition) is 1. The first-order valence-corrected chi connectivity index (χ1v) is 6.53. The third-order valence-corrected chi connectivity index (χ3v) is 4.73. The second-order valence-electron chi connectivity index (χ2n) is 3.49. The van der Waals surface area contributed by atoms with Gasteiger partial charge >= 0.3 is 0 Å². The lowest BCUT2D eigenvalue weighted by Gasteiger charge is -2.03. The van der Waals surface area contributed by atoms with Crippen LogP contribution in [0.15, 0.2) is 35.5 Å². The van der Waals surface area contributed by atoms with Crippen LogP contribution in [0.3, 0.4) is 0 Å². The van der Waals surface area contributed by atoms with Crippen LogP contribution < -0.4 is 0 Å². The summed E-state index contributed by atoms with van der Waals surface area (Å²) in [6.07, 6.45) is 5.33. The molecule has 1 aliphatic rings. The van der Waals surface area contributed by atoms with E-state index in [9.17, 15) is 4.79 Å². The van der Waals surface area contributed by atoms with Crippen molar-refractivity contribution >= 4 is 38.3 Å². The Morgan fingerprint density at radius 2 is 2.29 bits per heavy atom. The van der Waals surface area contributed by atoms with Crippen molar-refractivity contribution in [2.24, 2.45) is 0 Å². The van der Waals surface area contributed by atoms with Gasteiger partial charge in [-0.3, -0.25) is 0 Å². The van der Waals surface area contributed by atoms with E-state index in [0.29, 0.717) is 10.8 Å². The molecule has 1 unspecified atom stereocenters. The number of nitrogens with one attached hydrogen (secondary N) is 1. The van der Waals surface area contributed by atoms with Crippen molar-refractivity contribution in [3.63, 3.8) is 0 Å². The molecule has 0 spiro atoms. The van der Waals surface area contributed by atoms with Gasteiger partial charge in [0.2, 0.25) is 0 Å². The maximum atomic E-state index is 11.2. The summed E-state index contributed by atoms with van der Waals surface area (Å²) in [5.74, 6) is 0.698. The molecular formula is C12H7ClN2OS. The molecule has 3 nitrogen and oxygen atoms in total. The van der Waals surface area contributed by atoms with Crippen LogP contribution in [-0.4, -0.2) is 15.2 Å². The van der Waals surface area contributed by atoms with Crippen molar-refractivity contribution in [2.45, 2.75) is 4.90 Å². The molecule has 1 aromatic heterocycles. The van der Waals surface area contributed by atoms with Gasteiger partial charge in [-0.25, -0.2) is 9.78 Å². The number of fused-ring (bicyclic) bond motifs is 1. The highest BCUT2D eigenvalue weighted by Crippen LogP contribution is 2.50. The van der Waals surface area contributed by atoms with Gasteiger partial charge in [-0.2, -0.15) is 0 Å². The summed E-state index contributed by atoms with van der Waals surface area (Å²) in [7, 11) is -0.758. The van der Waals surface area contributed by atoms with E-state index in [1.165, 1.54) is 0 Å². The Morgan fingerprint density at radius 3 is 3.00 bits per heavy atom. The summed E-state index contributed by atoms with van der Waals surface area (Å²) in [5, 5.41) is 2.67. The number of aromatic amines is 1. The van der Waals surface area contributed by atoms with Gasteiger partial charge in [0.15, 0.2) is 5.23 Å². The molecule has 17 heavy (non-hydrogen) atoms. The quantitative estimate of drug-likeness (QED) is 0.802.